The lowest BCUT2D eigenvalue weighted by atomic mass is 10.0. The number of nitrogens with one attached hydrogen (secondary N) is 2. The topological polar surface area (TPSA) is 219 Å². The van der Waals surface area contributed by atoms with Gasteiger partial charge in [0, 0.05) is 73.9 Å². The Labute approximate surface area is 850 Å². The number of aromatic amines is 2. The maximum absolute atomic E-state index is 12.3. The molecule has 0 saturated heterocycles. The number of aromatic nitrogens is 6. The third-order valence-corrected chi connectivity index (χ3v) is 30.7. The molecule has 0 amide bonds. The van der Waals surface area contributed by atoms with Crippen LogP contribution in [0, 0.1) is 7.40 Å². The fourth-order valence-electron chi connectivity index (χ4n) is 11.9. The van der Waals surface area contributed by atoms with Gasteiger partial charge in [0.25, 0.3) is 0 Å². The lowest BCUT2D eigenvalue weighted by Gasteiger charge is -2.18. The summed E-state index contributed by atoms with van der Waals surface area (Å²) >= 11 is 29.5. The van der Waals surface area contributed by atoms with Crippen molar-refractivity contribution in [3.63, 3.8) is 0 Å². The second kappa shape index (κ2) is 54.9. The summed E-state index contributed by atoms with van der Waals surface area (Å²) in [5.41, 5.74) is 12.3. The first-order valence-electron chi connectivity index (χ1n) is 40.8. The number of hydrogen-bond donors (Lipinski definition) is 3. The average molecular weight is 2360 g/mol. The molecule has 674 valence electrons. The van der Waals surface area contributed by atoms with Gasteiger partial charge < -0.3 is 38.3 Å². The molecule has 0 aliphatic carbocycles. The van der Waals surface area contributed by atoms with E-state index in [2.05, 4.69) is 223 Å². The molecular formula is C100H90Br4I2N8O10S7. The molecule has 0 spiro atoms. The molecular weight excluding hydrogens is 2270 g/mol. The average Bonchev–Trinajstić information content (AvgIpc) is 1.47. The maximum Gasteiger partial charge on any atom is 0.435 e. The summed E-state index contributed by atoms with van der Waals surface area (Å²) in [6.07, 6.45) is 4.03. The Balaban J connectivity index is 0.000000142. The molecule has 31 heteroatoms. The van der Waals surface area contributed by atoms with Crippen LogP contribution >= 0.6 is 188 Å². The first kappa shape index (κ1) is 102. The van der Waals surface area contributed by atoms with Crippen LogP contribution in [0.15, 0.2) is 330 Å². The zero-order chi connectivity index (χ0) is 91.8. The molecule has 10 heterocycles. The summed E-state index contributed by atoms with van der Waals surface area (Å²) in [6.45, 7) is 13.0. The van der Waals surface area contributed by atoms with Crippen molar-refractivity contribution < 1.29 is 47.9 Å². The molecule has 0 unspecified atom stereocenters. The lowest BCUT2D eigenvalue weighted by molar-refractivity contribution is 0.0521. The van der Waals surface area contributed by atoms with E-state index in [4.69, 9.17) is 38.3 Å². The van der Waals surface area contributed by atoms with Crippen LogP contribution in [0.25, 0.3) is 30.6 Å². The molecule has 0 aliphatic rings. The number of aliphatic hydroxyl groups excluding tert-OH is 1. The predicted molar refractivity (Wildman–Crippen MR) is 568 cm³/mol. The van der Waals surface area contributed by atoms with Gasteiger partial charge in [-0.25, -0.2) is 4.79 Å². The fourth-order valence-corrected chi connectivity index (χ4v) is 22.2. The number of thiophene rings is 7. The van der Waals surface area contributed by atoms with Gasteiger partial charge in [-0.3, -0.25) is 15.0 Å². The van der Waals surface area contributed by atoms with Gasteiger partial charge in [-0.1, -0.05) is 243 Å². The smallest absolute Gasteiger partial charge is 0.435 e. The van der Waals surface area contributed by atoms with Gasteiger partial charge in [0.1, 0.15) is 24.2 Å². The van der Waals surface area contributed by atoms with E-state index in [9.17, 15) is 9.59 Å². The number of halogens is 6. The van der Waals surface area contributed by atoms with Crippen molar-refractivity contribution >= 4 is 243 Å². The van der Waals surface area contributed by atoms with Crippen molar-refractivity contribution in [3.8, 4) is 0 Å². The number of rotatable bonds is 30. The molecule has 3 N–H and O–H groups in total. The van der Waals surface area contributed by atoms with E-state index in [0.717, 1.165) is 105 Å². The number of aldehydes is 1. The van der Waals surface area contributed by atoms with E-state index in [1.54, 1.807) is 74.2 Å². The van der Waals surface area contributed by atoms with Gasteiger partial charge in [-0.05, 0) is 206 Å². The third-order valence-electron chi connectivity index (χ3n) is 17.9. The van der Waals surface area contributed by atoms with Crippen molar-refractivity contribution in [2.75, 3.05) is 0 Å². The van der Waals surface area contributed by atoms with E-state index >= 15 is 0 Å². The standard InChI is InChI=1S/C26H21BrN2OS.C18H19IN2O3S.C13H11BrO2S.C13H11IN2OS.C13H12N2OS.C12H11BrOS.C5H5BrOS/c27-24-16-23(19-30-18-20-10-4-1-5-11-20)31-25(24)17-28-29-26(21-12-6-2-7-13-21)22-14-8-3-9-15-22;1-18(2,3)24-17(22)21-14-9-13(25-15(14)16(19)20-21)11-23-10-12-7-5-4-6-8-12;14-12-6-11(17-13(12)7-15)9-16-8-10-4-2-1-3-5-10;14-13-12-11(15-16-13)6-10(18-12)8-17-7-9-4-2-1-3-5-9;1-2-4-10(5-3-1)8-16-9-11-6-12-13(17-11)7-14-15-12;13-11-6-12(15-9-11)8-14-7-10-4-2-1-3-5-10;6-4-1-5(2-7)8-3-4/h1-17H,18-19H2;4-9H,10-11H2,1-3H3;1-7H,8-9H2;1-6H,7-8H2,(H,15,16);1-7H,8-9H2,(H,14,15);1-6,9H,7-8H2;1,3,7H,2H2/b28-17+;;;;;;. The number of nitrogens with zero attached hydrogens (tertiary/aromatic N) is 6. The van der Waals surface area contributed by atoms with Gasteiger partial charge in [0.05, 0.1) is 133 Å². The minimum Gasteiger partial charge on any atom is -0.442 e. The second-order valence-corrected chi connectivity index (χ2v) is 42.7. The van der Waals surface area contributed by atoms with E-state index in [0.29, 0.717) is 84.2 Å². The Morgan fingerprint density at radius 2 is 0.832 bits per heavy atom. The van der Waals surface area contributed by atoms with Crippen LogP contribution in [-0.2, 0) is 119 Å². The highest BCUT2D eigenvalue weighted by Gasteiger charge is 2.24. The van der Waals surface area contributed by atoms with Crippen LogP contribution in [-0.4, -0.2) is 65.2 Å². The SMILES string of the molecule is Brc1cc(COCc2ccccc2)sc1/C=N/N=C(c1ccccc1)c1ccccc1.Brc1csc(COCc2ccccc2)c1.CC(C)(C)OC(=O)n1nc(I)c2sc(COCc3ccccc3)cc21.Ic1[nH]nc2cc(COCc3ccccc3)sc12.O=Cc1sc(COCc2ccccc2)cc1Br.OCc1cc(Br)cs1.c1ccc(COCc2cc3[nH]ncc3s2)cc1. The largest absolute Gasteiger partial charge is 0.442 e. The maximum atomic E-state index is 12.3. The number of H-pyrrole nitrogens is 2. The van der Waals surface area contributed by atoms with Crippen LogP contribution < -0.4 is 0 Å². The van der Waals surface area contributed by atoms with E-state index in [-0.39, 0.29) is 6.61 Å². The Hall–Kier alpha value is -8.35. The summed E-state index contributed by atoms with van der Waals surface area (Å²) in [5.74, 6) is 0. The Morgan fingerprint density at radius 1 is 0.450 bits per heavy atom. The molecule has 0 aliphatic heterocycles. The molecule has 10 aromatic heterocycles. The Kier molecular flexibility index (Phi) is 42.6. The molecule has 18 aromatic rings. The van der Waals surface area contributed by atoms with Gasteiger partial charge in [0.2, 0.25) is 0 Å². The van der Waals surface area contributed by atoms with Crippen LogP contribution in [0.5, 0.6) is 0 Å². The zero-order valence-corrected chi connectivity index (χ0v) is 87.5. The van der Waals surface area contributed by atoms with Crippen LogP contribution in [0.1, 0.15) is 114 Å². The number of aliphatic hydroxyl groups is 1. The van der Waals surface area contributed by atoms with Crippen LogP contribution in [0.3, 0.4) is 0 Å². The third kappa shape index (κ3) is 34.8. The lowest BCUT2D eigenvalue weighted by Crippen LogP contribution is -2.27. The molecule has 18 nitrogen and oxygen atoms in total. The fraction of sp³-hybridized carbons (Fsp3) is 0.170. The first-order valence-corrected chi connectivity index (χ1v) is 52.0. The van der Waals surface area contributed by atoms with E-state index in [1.807, 2.05) is 245 Å². The normalized spacial score (nSPS) is 11.0. The van der Waals surface area contributed by atoms with Crippen LogP contribution in [0.2, 0.25) is 0 Å². The minimum atomic E-state index is -0.557. The first-order chi connectivity index (χ1) is 63.8. The second-order valence-electron chi connectivity index (χ2n) is 29.3. The van der Waals surface area contributed by atoms with Crippen molar-refractivity contribution in [2.24, 2.45) is 10.2 Å². The van der Waals surface area contributed by atoms with E-state index < -0.39 is 11.7 Å². The summed E-state index contributed by atoms with van der Waals surface area (Å²) in [4.78, 5) is 32.7. The molecule has 18 rings (SSSR count). The summed E-state index contributed by atoms with van der Waals surface area (Å²) in [6, 6.07) is 95.3. The Bertz CT molecular complexity index is 6400. The summed E-state index contributed by atoms with van der Waals surface area (Å²) in [5, 5.41) is 39.9. The summed E-state index contributed by atoms with van der Waals surface area (Å²) < 4.78 is 50.3. The molecule has 0 fully saturated rings. The molecule has 8 aromatic carbocycles. The number of carbonyl (C=O) groups is 2. The Morgan fingerprint density at radius 3 is 1.21 bits per heavy atom. The highest BCUT2D eigenvalue weighted by molar-refractivity contribution is 14.1. The zero-order valence-electron chi connectivity index (χ0n) is 71.1. The van der Waals surface area contributed by atoms with Gasteiger partial charge in [-0.2, -0.15) is 25.1 Å². The van der Waals surface area contributed by atoms with Crippen molar-refractivity contribution in [1.29, 1.82) is 0 Å². The number of carbonyl (C=O) groups excluding carboxylic acids is 2. The minimum absolute atomic E-state index is 0.149. The monoisotopic (exact) mass is 2360 g/mol. The molecule has 0 bridgehead atoms. The molecule has 131 heavy (non-hydrogen) atoms. The van der Waals surface area contributed by atoms with Crippen molar-refractivity contribution in [3.05, 3.63) is 416 Å². The number of fused-ring (bicyclic) bond motifs is 3. The molecule has 0 atom stereocenters. The van der Waals surface area contributed by atoms with Crippen molar-refractivity contribution in [1.82, 2.24) is 30.2 Å². The van der Waals surface area contributed by atoms with Gasteiger partial charge in [-0.15, -0.1) is 84.5 Å². The highest BCUT2D eigenvalue weighted by Crippen LogP contribution is 2.34. The number of ether oxygens (including phenoxy) is 7. The van der Waals surface area contributed by atoms with Crippen molar-refractivity contribution in [2.45, 2.75) is 112 Å². The summed E-state index contributed by atoms with van der Waals surface area (Å²) in [7, 11) is 0. The van der Waals surface area contributed by atoms with Gasteiger partial charge in [0.15, 0.2) is 6.29 Å². The molecule has 0 saturated carbocycles. The van der Waals surface area contributed by atoms with E-state index in [1.165, 1.54) is 62.3 Å². The highest BCUT2D eigenvalue weighted by atomic mass is 127. The quantitative estimate of drug-likeness (QED) is 0.0165. The molecule has 0 radical (unpaired) electrons. The number of hydrogen-bond acceptors (Lipinski definition) is 22. The predicted octanol–water partition coefficient (Wildman–Crippen LogP) is 29.9. The number of benzene rings is 8. The van der Waals surface area contributed by atoms with Crippen LogP contribution in [0.4, 0.5) is 4.79 Å². The van der Waals surface area contributed by atoms with Gasteiger partial charge >= 0.3 is 6.09 Å².